The van der Waals surface area contributed by atoms with Crippen LogP contribution in [0.2, 0.25) is 0 Å². The fourth-order valence-corrected chi connectivity index (χ4v) is 2.79. The van der Waals surface area contributed by atoms with E-state index in [2.05, 4.69) is 27.9 Å². The van der Waals surface area contributed by atoms with Gasteiger partial charge in [-0.15, -0.1) is 0 Å². The third-order valence-corrected chi connectivity index (χ3v) is 3.71. The molecule has 1 saturated carbocycles. The maximum atomic E-state index is 3.54. The van der Waals surface area contributed by atoms with Crippen LogP contribution in [-0.2, 0) is 0 Å². The summed E-state index contributed by atoms with van der Waals surface area (Å²) >= 11 is 3.54. The Labute approximate surface area is 70.9 Å². The fraction of sp³-hybridized carbons (Fsp3) is 1.00. The zero-order valence-electron chi connectivity index (χ0n) is 6.39. The lowest BCUT2D eigenvalue weighted by Crippen LogP contribution is -2.45. The second-order valence-electron chi connectivity index (χ2n) is 3.80. The first kappa shape index (κ1) is 7.11. The van der Waals surface area contributed by atoms with Gasteiger partial charge in [0.1, 0.15) is 0 Å². The largest absolute Gasteiger partial charge is 0.306 e. The maximum absolute atomic E-state index is 3.54. The van der Waals surface area contributed by atoms with Crippen molar-refractivity contribution in [1.29, 1.82) is 0 Å². The monoisotopic (exact) mass is 203 g/mol. The van der Waals surface area contributed by atoms with E-state index in [-0.39, 0.29) is 0 Å². The Bertz CT molecular complexity index is 131. The molecule has 2 aliphatic rings. The van der Waals surface area contributed by atoms with E-state index in [1.807, 2.05) is 0 Å². The molecule has 2 atom stereocenters. The maximum Gasteiger partial charge on any atom is 0.00625 e. The van der Waals surface area contributed by atoms with Gasteiger partial charge >= 0.3 is 0 Å². The normalized spacial score (nSPS) is 41.4. The minimum Gasteiger partial charge on any atom is -0.306 e. The second-order valence-corrected chi connectivity index (χ2v) is 4.44. The number of nitrogens with zero attached hydrogens (tertiary/aromatic N) is 1. The Morgan fingerprint density at radius 2 is 2.20 bits per heavy atom. The van der Waals surface area contributed by atoms with Crippen molar-refractivity contribution in [3.8, 4) is 0 Å². The molecule has 1 saturated heterocycles. The lowest BCUT2D eigenvalue weighted by molar-refractivity contribution is 0.113. The van der Waals surface area contributed by atoms with Gasteiger partial charge in [0.15, 0.2) is 0 Å². The third-order valence-electron chi connectivity index (χ3n) is 2.87. The van der Waals surface area contributed by atoms with E-state index in [1.165, 1.54) is 24.8 Å². The molecular formula is C8H14BrN. The van der Waals surface area contributed by atoms with Gasteiger partial charge in [0.25, 0.3) is 0 Å². The van der Waals surface area contributed by atoms with Crippen LogP contribution in [-0.4, -0.2) is 30.4 Å². The second kappa shape index (κ2) is 2.49. The topological polar surface area (TPSA) is 3.24 Å². The van der Waals surface area contributed by atoms with E-state index >= 15 is 0 Å². The van der Waals surface area contributed by atoms with Crippen LogP contribution in [0.1, 0.15) is 6.42 Å². The number of rotatable bonds is 2. The van der Waals surface area contributed by atoms with Crippen LogP contribution in [0.15, 0.2) is 0 Å². The van der Waals surface area contributed by atoms with Crippen molar-refractivity contribution in [2.45, 2.75) is 6.42 Å². The summed E-state index contributed by atoms with van der Waals surface area (Å²) in [7, 11) is 2.21. The fourth-order valence-electron chi connectivity index (χ4n) is 2.04. The van der Waals surface area contributed by atoms with Crippen LogP contribution in [0.4, 0.5) is 0 Å². The van der Waals surface area contributed by atoms with Gasteiger partial charge in [-0.05, 0) is 31.2 Å². The van der Waals surface area contributed by atoms with Crippen LogP contribution < -0.4 is 0 Å². The van der Waals surface area contributed by atoms with Gasteiger partial charge in [0.2, 0.25) is 0 Å². The van der Waals surface area contributed by atoms with Gasteiger partial charge in [-0.1, -0.05) is 15.9 Å². The summed E-state index contributed by atoms with van der Waals surface area (Å²) in [5.41, 5.74) is 0. The standard InChI is InChI=1S/C8H14BrN/c1-10-4-7(5-10)8-2-6(8)3-9/h6-8H,2-5H2,1H3. The van der Waals surface area contributed by atoms with Gasteiger partial charge in [-0.3, -0.25) is 0 Å². The number of hydrogen-bond donors (Lipinski definition) is 0. The summed E-state index contributed by atoms with van der Waals surface area (Å²) in [6.45, 7) is 2.71. The molecule has 58 valence electrons. The van der Waals surface area contributed by atoms with E-state index < -0.39 is 0 Å². The third kappa shape index (κ3) is 1.12. The highest BCUT2D eigenvalue weighted by atomic mass is 79.9. The van der Waals surface area contributed by atoms with E-state index in [1.54, 1.807) is 0 Å². The summed E-state index contributed by atoms with van der Waals surface area (Å²) in [4.78, 5) is 2.41. The predicted octanol–water partition coefficient (Wildman–Crippen LogP) is 1.58. The molecule has 1 nitrogen and oxygen atoms in total. The highest BCUT2D eigenvalue weighted by Crippen LogP contribution is 2.47. The highest BCUT2D eigenvalue weighted by Gasteiger charge is 2.45. The molecule has 2 fully saturated rings. The van der Waals surface area contributed by atoms with Crippen molar-refractivity contribution >= 4 is 15.9 Å². The van der Waals surface area contributed by atoms with Crippen molar-refractivity contribution in [2.24, 2.45) is 17.8 Å². The predicted molar refractivity (Wildman–Crippen MR) is 46.4 cm³/mol. The Morgan fingerprint density at radius 3 is 2.60 bits per heavy atom. The molecule has 0 radical (unpaired) electrons. The molecule has 2 rings (SSSR count). The highest BCUT2D eigenvalue weighted by molar-refractivity contribution is 9.09. The van der Waals surface area contributed by atoms with Crippen LogP contribution in [0.25, 0.3) is 0 Å². The molecule has 0 aromatic heterocycles. The Balaban J connectivity index is 1.73. The molecular weight excluding hydrogens is 190 g/mol. The molecule has 1 heterocycles. The van der Waals surface area contributed by atoms with Gasteiger partial charge < -0.3 is 4.90 Å². The lowest BCUT2D eigenvalue weighted by atomic mass is 9.94. The SMILES string of the molecule is CN1CC(C2CC2CBr)C1. The first-order chi connectivity index (χ1) is 4.81. The van der Waals surface area contributed by atoms with E-state index in [4.69, 9.17) is 0 Å². The van der Waals surface area contributed by atoms with Crippen LogP contribution in [0.3, 0.4) is 0 Å². The minimum atomic E-state index is 1.03. The molecule has 2 unspecified atom stereocenters. The molecule has 2 heteroatoms. The van der Waals surface area contributed by atoms with Gasteiger partial charge in [0.05, 0.1) is 0 Å². The van der Waals surface area contributed by atoms with Crippen LogP contribution in [0.5, 0.6) is 0 Å². The molecule has 0 aromatic carbocycles. The molecule has 0 bridgehead atoms. The average molecular weight is 204 g/mol. The molecule has 0 N–H and O–H groups in total. The van der Waals surface area contributed by atoms with Gasteiger partial charge in [0, 0.05) is 18.4 Å². The van der Waals surface area contributed by atoms with Crippen LogP contribution >= 0.6 is 15.9 Å². The number of hydrogen-bond acceptors (Lipinski definition) is 1. The number of alkyl halides is 1. The lowest BCUT2D eigenvalue weighted by Gasteiger charge is -2.36. The van der Waals surface area contributed by atoms with Crippen LogP contribution in [0, 0.1) is 17.8 Å². The summed E-state index contributed by atoms with van der Waals surface area (Å²) in [6.07, 6.45) is 1.49. The number of likely N-dealkylation sites (tertiary alicyclic amines) is 1. The Kier molecular flexibility index (Phi) is 1.77. The average Bonchev–Trinajstić information content (AvgIpc) is 2.59. The van der Waals surface area contributed by atoms with Crippen molar-refractivity contribution in [2.75, 3.05) is 25.5 Å². The molecule has 10 heavy (non-hydrogen) atoms. The van der Waals surface area contributed by atoms with E-state index in [0.717, 1.165) is 17.8 Å². The molecule has 1 aliphatic carbocycles. The summed E-state index contributed by atoms with van der Waals surface area (Å²) in [6, 6.07) is 0. The van der Waals surface area contributed by atoms with E-state index in [0.29, 0.717) is 0 Å². The van der Waals surface area contributed by atoms with Crippen molar-refractivity contribution in [3.63, 3.8) is 0 Å². The molecule has 0 aromatic rings. The van der Waals surface area contributed by atoms with Crippen molar-refractivity contribution in [3.05, 3.63) is 0 Å². The van der Waals surface area contributed by atoms with E-state index in [9.17, 15) is 0 Å². The first-order valence-electron chi connectivity index (χ1n) is 4.05. The van der Waals surface area contributed by atoms with Crippen molar-refractivity contribution in [1.82, 2.24) is 4.90 Å². The van der Waals surface area contributed by atoms with Gasteiger partial charge in [-0.2, -0.15) is 0 Å². The molecule has 0 spiro atoms. The zero-order valence-corrected chi connectivity index (χ0v) is 7.97. The molecule has 1 aliphatic heterocycles. The smallest absolute Gasteiger partial charge is 0.00625 e. The minimum absolute atomic E-state index is 1.03. The number of halogens is 1. The quantitative estimate of drug-likeness (QED) is 0.617. The first-order valence-corrected chi connectivity index (χ1v) is 5.18. The Hall–Kier alpha value is 0.440. The zero-order chi connectivity index (χ0) is 7.14. The van der Waals surface area contributed by atoms with Crippen molar-refractivity contribution < 1.29 is 0 Å². The Morgan fingerprint density at radius 1 is 1.50 bits per heavy atom. The molecule has 0 amide bonds. The summed E-state index contributed by atoms with van der Waals surface area (Å²) in [5.74, 6) is 3.15. The summed E-state index contributed by atoms with van der Waals surface area (Å²) in [5, 5.41) is 1.23. The summed E-state index contributed by atoms with van der Waals surface area (Å²) < 4.78 is 0. The van der Waals surface area contributed by atoms with Gasteiger partial charge in [-0.25, -0.2) is 0 Å².